The molecule has 7 heteroatoms. The average molecular weight is 347 g/mol. The first kappa shape index (κ1) is 17.5. The van der Waals surface area contributed by atoms with Gasteiger partial charge in [0.1, 0.15) is 0 Å². The summed E-state index contributed by atoms with van der Waals surface area (Å²) in [6.07, 6.45) is 1.48. The molecule has 0 aliphatic rings. The average Bonchev–Trinajstić information content (AvgIpc) is 2.60. The molecule has 124 valence electrons. The van der Waals surface area contributed by atoms with Crippen molar-refractivity contribution in [3.8, 4) is 0 Å². The molecular formula is C17H15ClN2O4. The molecule has 6 nitrogen and oxygen atoms in total. The molecule has 24 heavy (non-hydrogen) atoms. The number of methoxy groups -OCH3 is 1. The topological polar surface area (TPSA) is 77.0 Å². The lowest BCUT2D eigenvalue weighted by atomic mass is 10.2. The first-order valence-corrected chi connectivity index (χ1v) is 7.35. The molecule has 0 spiro atoms. The fraction of sp³-hybridized carbons (Fsp3) is 0.118. The van der Waals surface area contributed by atoms with Crippen LogP contribution in [0.15, 0.2) is 53.7 Å². The van der Waals surface area contributed by atoms with Crippen LogP contribution < -0.4 is 5.32 Å². The van der Waals surface area contributed by atoms with Crippen molar-refractivity contribution in [1.29, 1.82) is 0 Å². The van der Waals surface area contributed by atoms with Crippen LogP contribution in [0.2, 0.25) is 5.02 Å². The van der Waals surface area contributed by atoms with E-state index in [0.717, 1.165) is 5.56 Å². The zero-order valence-electron chi connectivity index (χ0n) is 12.9. The number of carbonyl (C=O) groups excluding carboxylic acids is 2. The van der Waals surface area contributed by atoms with E-state index < -0.39 is 5.97 Å². The zero-order valence-corrected chi connectivity index (χ0v) is 13.6. The second-order valence-corrected chi connectivity index (χ2v) is 5.11. The monoisotopic (exact) mass is 346 g/mol. The molecule has 0 heterocycles. The molecule has 0 unspecified atom stereocenters. The van der Waals surface area contributed by atoms with Crippen molar-refractivity contribution in [2.75, 3.05) is 19.0 Å². The van der Waals surface area contributed by atoms with Gasteiger partial charge in [0, 0.05) is 10.7 Å². The minimum atomic E-state index is -0.437. The first-order valence-electron chi connectivity index (χ1n) is 6.97. The highest BCUT2D eigenvalue weighted by Crippen LogP contribution is 2.10. The van der Waals surface area contributed by atoms with Gasteiger partial charge in [0.15, 0.2) is 6.61 Å². The molecule has 2 aromatic carbocycles. The Morgan fingerprint density at radius 1 is 1.12 bits per heavy atom. The van der Waals surface area contributed by atoms with Crippen LogP contribution in [-0.2, 0) is 14.4 Å². The Morgan fingerprint density at radius 2 is 1.79 bits per heavy atom. The predicted octanol–water partition coefficient (Wildman–Crippen LogP) is 3.12. The second-order valence-electron chi connectivity index (χ2n) is 4.68. The lowest BCUT2D eigenvalue weighted by molar-refractivity contribution is -0.120. The summed E-state index contributed by atoms with van der Waals surface area (Å²) in [6.45, 7) is -0.233. The number of hydrogen-bond donors (Lipinski definition) is 1. The number of ether oxygens (including phenoxy) is 1. The quantitative estimate of drug-likeness (QED) is 0.495. The van der Waals surface area contributed by atoms with Crippen LogP contribution >= 0.6 is 11.6 Å². The Hall–Kier alpha value is -2.86. The van der Waals surface area contributed by atoms with Gasteiger partial charge in [0.05, 0.1) is 18.9 Å². The van der Waals surface area contributed by atoms with E-state index in [-0.39, 0.29) is 12.5 Å². The lowest BCUT2D eigenvalue weighted by Gasteiger charge is -2.05. The molecule has 1 N–H and O–H groups in total. The summed E-state index contributed by atoms with van der Waals surface area (Å²) in [7, 11) is 1.31. The molecule has 0 atom stereocenters. The molecule has 2 rings (SSSR count). The normalized spacial score (nSPS) is 10.4. The minimum Gasteiger partial charge on any atom is -0.465 e. The van der Waals surface area contributed by atoms with Crippen molar-refractivity contribution < 1.29 is 19.2 Å². The number of oxime groups is 1. The smallest absolute Gasteiger partial charge is 0.337 e. The molecule has 2 aromatic rings. The van der Waals surface area contributed by atoms with Crippen molar-refractivity contribution in [1.82, 2.24) is 0 Å². The van der Waals surface area contributed by atoms with Gasteiger partial charge < -0.3 is 14.9 Å². The van der Waals surface area contributed by atoms with Gasteiger partial charge in [-0.2, -0.15) is 0 Å². The third-order valence-electron chi connectivity index (χ3n) is 2.93. The lowest BCUT2D eigenvalue weighted by Crippen LogP contribution is -2.17. The highest BCUT2D eigenvalue weighted by Gasteiger charge is 2.06. The van der Waals surface area contributed by atoms with Gasteiger partial charge >= 0.3 is 5.97 Å². The maximum atomic E-state index is 11.7. The van der Waals surface area contributed by atoms with E-state index >= 15 is 0 Å². The van der Waals surface area contributed by atoms with Crippen LogP contribution in [0.25, 0.3) is 0 Å². The molecule has 0 aromatic heterocycles. The fourth-order valence-electron chi connectivity index (χ4n) is 1.75. The van der Waals surface area contributed by atoms with Gasteiger partial charge in [0.2, 0.25) is 0 Å². The minimum absolute atomic E-state index is 0.233. The number of carbonyl (C=O) groups is 2. The molecule has 0 saturated carbocycles. The Bertz CT molecular complexity index is 727. The molecule has 0 saturated heterocycles. The number of benzene rings is 2. The van der Waals surface area contributed by atoms with Crippen LogP contribution in [0.4, 0.5) is 5.69 Å². The maximum Gasteiger partial charge on any atom is 0.337 e. The van der Waals surface area contributed by atoms with E-state index in [1.165, 1.54) is 13.3 Å². The van der Waals surface area contributed by atoms with E-state index in [2.05, 4.69) is 15.2 Å². The number of hydrogen-bond acceptors (Lipinski definition) is 5. The van der Waals surface area contributed by atoms with Gasteiger partial charge in [-0.15, -0.1) is 0 Å². The van der Waals surface area contributed by atoms with E-state index in [9.17, 15) is 9.59 Å². The maximum absolute atomic E-state index is 11.7. The second kappa shape index (κ2) is 8.69. The van der Waals surface area contributed by atoms with Crippen molar-refractivity contribution in [2.45, 2.75) is 0 Å². The molecular weight excluding hydrogens is 332 g/mol. The number of nitrogens with zero attached hydrogens (tertiary/aromatic N) is 1. The van der Waals surface area contributed by atoms with E-state index in [0.29, 0.717) is 16.3 Å². The number of esters is 1. The number of amides is 1. The fourth-order valence-corrected chi connectivity index (χ4v) is 1.87. The van der Waals surface area contributed by atoms with Gasteiger partial charge in [-0.1, -0.05) is 28.9 Å². The number of halogens is 1. The van der Waals surface area contributed by atoms with Gasteiger partial charge in [-0.25, -0.2) is 4.79 Å². The van der Waals surface area contributed by atoms with Crippen molar-refractivity contribution in [2.24, 2.45) is 5.16 Å². The van der Waals surface area contributed by atoms with Crippen LogP contribution in [0.1, 0.15) is 15.9 Å². The predicted molar refractivity (Wildman–Crippen MR) is 91.4 cm³/mol. The molecule has 0 aliphatic heterocycles. The van der Waals surface area contributed by atoms with E-state index in [1.54, 1.807) is 48.5 Å². The van der Waals surface area contributed by atoms with Crippen LogP contribution in [0, 0.1) is 0 Å². The standard InChI is InChI=1S/C17H15ClN2O4/c1-23-17(22)13-4-8-15(9-5-13)20-16(21)11-24-19-10-12-2-6-14(18)7-3-12/h2-10H,11H2,1H3,(H,20,21)/b19-10+. The zero-order chi connectivity index (χ0) is 17.4. The van der Waals surface area contributed by atoms with E-state index in [4.69, 9.17) is 16.4 Å². The summed E-state index contributed by atoms with van der Waals surface area (Å²) in [5.74, 6) is -0.804. The third kappa shape index (κ3) is 5.40. The van der Waals surface area contributed by atoms with Crippen LogP contribution in [0.5, 0.6) is 0 Å². The highest BCUT2D eigenvalue weighted by atomic mass is 35.5. The van der Waals surface area contributed by atoms with E-state index in [1.807, 2.05) is 0 Å². The van der Waals surface area contributed by atoms with Gasteiger partial charge in [-0.3, -0.25) is 4.79 Å². The van der Waals surface area contributed by atoms with Crippen LogP contribution in [-0.4, -0.2) is 31.8 Å². The van der Waals surface area contributed by atoms with Crippen molar-refractivity contribution in [3.63, 3.8) is 0 Å². The number of nitrogens with one attached hydrogen (secondary N) is 1. The molecule has 0 radical (unpaired) electrons. The van der Waals surface area contributed by atoms with Crippen LogP contribution in [0.3, 0.4) is 0 Å². The summed E-state index contributed by atoms with van der Waals surface area (Å²) in [5.41, 5.74) is 1.75. The Balaban J connectivity index is 1.78. The van der Waals surface area contributed by atoms with Gasteiger partial charge in [0.25, 0.3) is 5.91 Å². The largest absolute Gasteiger partial charge is 0.465 e. The Kier molecular flexibility index (Phi) is 6.33. The van der Waals surface area contributed by atoms with Crippen molar-refractivity contribution in [3.05, 3.63) is 64.7 Å². The van der Waals surface area contributed by atoms with Crippen molar-refractivity contribution >= 4 is 35.4 Å². The Labute approximate surface area is 144 Å². The summed E-state index contributed by atoms with van der Waals surface area (Å²) < 4.78 is 4.60. The Morgan fingerprint density at radius 3 is 2.42 bits per heavy atom. The highest BCUT2D eigenvalue weighted by molar-refractivity contribution is 6.30. The number of anilines is 1. The summed E-state index contributed by atoms with van der Waals surface area (Å²) in [5, 5.41) is 6.97. The first-order chi connectivity index (χ1) is 11.6. The number of rotatable bonds is 6. The summed E-state index contributed by atoms with van der Waals surface area (Å²) in [4.78, 5) is 28.0. The molecule has 0 aliphatic carbocycles. The molecule has 0 fully saturated rings. The molecule has 0 bridgehead atoms. The summed E-state index contributed by atoms with van der Waals surface area (Å²) >= 11 is 5.77. The van der Waals surface area contributed by atoms with Gasteiger partial charge in [-0.05, 0) is 42.0 Å². The third-order valence-corrected chi connectivity index (χ3v) is 3.18. The molecule has 1 amide bonds. The SMILES string of the molecule is COC(=O)c1ccc(NC(=O)CO/N=C/c2ccc(Cl)cc2)cc1. The summed E-state index contributed by atoms with van der Waals surface area (Å²) in [6, 6.07) is 13.3.